The van der Waals surface area contributed by atoms with Crippen molar-refractivity contribution in [3.8, 4) is 0 Å². The third-order valence-electron chi connectivity index (χ3n) is 3.39. The van der Waals surface area contributed by atoms with Crippen LogP contribution in [0.5, 0.6) is 0 Å². The molecule has 2 N–H and O–H groups in total. The Morgan fingerprint density at radius 3 is 3.00 bits per heavy atom. The Bertz CT molecular complexity index is 683. The lowest BCUT2D eigenvalue weighted by atomic mass is 10.1. The van der Waals surface area contributed by atoms with Gasteiger partial charge in [-0.2, -0.15) is 0 Å². The maximum absolute atomic E-state index is 12.1. The van der Waals surface area contributed by atoms with Crippen molar-refractivity contribution in [3.63, 3.8) is 0 Å². The number of rotatable bonds is 4. The molecule has 1 aliphatic rings. The van der Waals surface area contributed by atoms with Gasteiger partial charge >= 0.3 is 0 Å². The Kier molecular flexibility index (Phi) is 3.64. The van der Waals surface area contributed by atoms with Crippen molar-refractivity contribution in [1.29, 1.82) is 0 Å². The number of hydrogen-bond acceptors (Lipinski definition) is 3. The van der Waals surface area contributed by atoms with Crippen LogP contribution in [0.25, 0.3) is 0 Å². The van der Waals surface area contributed by atoms with Gasteiger partial charge < -0.3 is 10.6 Å². The maximum atomic E-state index is 12.1. The van der Waals surface area contributed by atoms with Crippen LogP contribution in [0.15, 0.2) is 42.6 Å². The quantitative estimate of drug-likeness (QED) is 0.893. The first kappa shape index (κ1) is 13.3. The zero-order chi connectivity index (χ0) is 14.7. The summed E-state index contributed by atoms with van der Waals surface area (Å²) in [6.07, 6.45) is 2.81. The zero-order valence-corrected chi connectivity index (χ0v) is 11.4. The molecule has 1 aliphatic heterocycles. The van der Waals surface area contributed by atoms with Crippen molar-refractivity contribution in [3.05, 3.63) is 59.4 Å². The molecule has 0 unspecified atom stereocenters. The van der Waals surface area contributed by atoms with E-state index in [1.54, 1.807) is 18.3 Å². The summed E-state index contributed by atoms with van der Waals surface area (Å²) in [5.41, 5.74) is 3.17. The SMILES string of the molecule is O=C1Cc2ccc(C(=O)NCCc3ccccn3)cc2N1. The number of nitrogens with zero attached hydrogens (tertiary/aromatic N) is 1. The van der Waals surface area contributed by atoms with Crippen LogP contribution < -0.4 is 10.6 Å². The Morgan fingerprint density at radius 2 is 2.19 bits per heavy atom. The Morgan fingerprint density at radius 1 is 1.29 bits per heavy atom. The molecule has 3 rings (SSSR count). The van der Waals surface area contributed by atoms with Crippen LogP contribution in [-0.4, -0.2) is 23.3 Å². The predicted octanol–water partition coefficient (Wildman–Crippen LogP) is 1.55. The average Bonchev–Trinajstić information content (AvgIpc) is 2.87. The Hall–Kier alpha value is -2.69. The molecule has 106 valence electrons. The molecule has 0 fully saturated rings. The van der Waals surface area contributed by atoms with Crippen LogP contribution in [0, 0.1) is 0 Å². The predicted molar refractivity (Wildman–Crippen MR) is 79.0 cm³/mol. The highest BCUT2D eigenvalue weighted by Crippen LogP contribution is 2.23. The number of nitrogens with one attached hydrogen (secondary N) is 2. The van der Waals surface area contributed by atoms with Crippen LogP contribution in [0.2, 0.25) is 0 Å². The van der Waals surface area contributed by atoms with Crippen molar-refractivity contribution >= 4 is 17.5 Å². The fourth-order valence-electron chi connectivity index (χ4n) is 2.31. The standard InChI is InChI=1S/C16H15N3O2/c20-15-10-11-4-5-12(9-14(11)19-15)16(21)18-8-6-13-3-1-2-7-17-13/h1-5,7,9H,6,8,10H2,(H,18,21)(H,19,20). The van der Waals surface area contributed by atoms with Gasteiger partial charge in [-0.25, -0.2) is 0 Å². The van der Waals surface area contributed by atoms with E-state index in [0.717, 1.165) is 16.9 Å². The number of amides is 2. The van der Waals surface area contributed by atoms with Gasteiger partial charge in [-0.1, -0.05) is 12.1 Å². The molecule has 5 nitrogen and oxygen atoms in total. The van der Waals surface area contributed by atoms with Crippen molar-refractivity contribution in [2.45, 2.75) is 12.8 Å². The van der Waals surface area contributed by atoms with Crippen molar-refractivity contribution in [2.24, 2.45) is 0 Å². The second kappa shape index (κ2) is 5.75. The number of anilines is 1. The van der Waals surface area contributed by atoms with Gasteiger partial charge in [-0.05, 0) is 29.8 Å². The Labute approximate surface area is 122 Å². The largest absolute Gasteiger partial charge is 0.352 e. The second-order valence-electron chi connectivity index (χ2n) is 4.92. The first-order valence-corrected chi connectivity index (χ1v) is 6.83. The molecule has 0 saturated heterocycles. The molecule has 2 aromatic rings. The van der Waals surface area contributed by atoms with Gasteiger partial charge in [0.15, 0.2) is 0 Å². The molecule has 5 heteroatoms. The summed E-state index contributed by atoms with van der Waals surface area (Å²) < 4.78 is 0. The fraction of sp³-hybridized carbons (Fsp3) is 0.188. The van der Waals surface area contributed by atoms with E-state index in [4.69, 9.17) is 0 Å². The van der Waals surface area contributed by atoms with E-state index in [1.807, 2.05) is 24.3 Å². The number of carbonyl (C=O) groups is 2. The van der Waals surface area contributed by atoms with Gasteiger partial charge in [-0.3, -0.25) is 14.6 Å². The van der Waals surface area contributed by atoms with Gasteiger partial charge in [0.25, 0.3) is 5.91 Å². The topological polar surface area (TPSA) is 71.1 Å². The summed E-state index contributed by atoms with van der Waals surface area (Å²) in [5.74, 6) is -0.174. The molecule has 1 aromatic heterocycles. The molecule has 0 radical (unpaired) electrons. The molecular formula is C16H15N3O2. The monoisotopic (exact) mass is 281 g/mol. The highest BCUT2D eigenvalue weighted by molar-refractivity contribution is 6.02. The smallest absolute Gasteiger partial charge is 0.251 e. The summed E-state index contributed by atoms with van der Waals surface area (Å²) in [5, 5.41) is 5.60. The van der Waals surface area contributed by atoms with Crippen LogP contribution in [0.3, 0.4) is 0 Å². The summed E-state index contributed by atoms with van der Waals surface area (Å²) in [7, 11) is 0. The normalized spacial score (nSPS) is 12.7. The van der Waals surface area contributed by atoms with Crippen LogP contribution in [0.4, 0.5) is 5.69 Å². The summed E-state index contributed by atoms with van der Waals surface area (Å²) >= 11 is 0. The lowest BCUT2D eigenvalue weighted by Crippen LogP contribution is -2.25. The number of fused-ring (bicyclic) bond motifs is 1. The van der Waals surface area contributed by atoms with E-state index in [-0.39, 0.29) is 11.8 Å². The zero-order valence-electron chi connectivity index (χ0n) is 11.4. The first-order valence-electron chi connectivity index (χ1n) is 6.83. The first-order chi connectivity index (χ1) is 10.2. The minimum atomic E-state index is -0.144. The molecule has 2 amide bonds. The summed E-state index contributed by atoms with van der Waals surface area (Å²) in [4.78, 5) is 27.6. The van der Waals surface area contributed by atoms with E-state index in [0.29, 0.717) is 24.9 Å². The molecule has 0 bridgehead atoms. The number of carbonyl (C=O) groups excluding carboxylic acids is 2. The minimum Gasteiger partial charge on any atom is -0.352 e. The minimum absolute atomic E-state index is 0.0299. The van der Waals surface area contributed by atoms with Crippen LogP contribution >= 0.6 is 0 Å². The number of hydrogen-bond donors (Lipinski definition) is 2. The maximum Gasteiger partial charge on any atom is 0.251 e. The fourth-order valence-corrected chi connectivity index (χ4v) is 2.31. The number of aromatic nitrogens is 1. The van der Waals surface area contributed by atoms with E-state index < -0.39 is 0 Å². The molecule has 1 aromatic carbocycles. The second-order valence-corrected chi connectivity index (χ2v) is 4.92. The van der Waals surface area contributed by atoms with Crippen LogP contribution in [0.1, 0.15) is 21.6 Å². The van der Waals surface area contributed by atoms with E-state index >= 15 is 0 Å². The third-order valence-corrected chi connectivity index (χ3v) is 3.39. The van der Waals surface area contributed by atoms with Gasteiger partial charge in [0.1, 0.15) is 0 Å². The molecule has 21 heavy (non-hydrogen) atoms. The van der Waals surface area contributed by atoms with Gasteiger partial charge in [0.2, 0.25) is 5.91 Å². The highest BCUT2D eigenvalue weighted by Gasteiger charge is 2.18. The number of pyridine rings is 1. The van der Waals surface area contributed by atoms with Gasteiger partial charge in [-0.15, -0.1) is 0 Å². The summed E-state index contributed by atoms with van der Waals surface area (Å²) in [6.45, 7) is 0.527. The van der Waals surface area contributed by atoms with E-state index in [2.05, 4.69) is 15.6 Å². The summed E-state index contributed by atoms with van der Waals surface area (Å²) in [6, 6.07) is 11.0. The van der Waals surface area contributed by atoms with Crippen molar-refractivity contribution in [2.75, 3.05) is 11.9 Å². The highest BCUT2D eigenvalue weighted by atomic mass is 16.2. The van der Waals surface area contributed by atoms with E-state index in [1.165, 1.54) is 0 Å². The van der Waals surface area contributed by atoms with Crippen LogP contribution in [-0.2, 0) is 17.6 Å². The van der Waals surface area contributed by atoms with Crippen molar-refractivity contribution < 1.29 is 9.59 Å². The van der Waals surface area contributed by atoms with Crippen molar-refractivity contribution in [1.82, 2.24) is 10.3 Å². The third kappa shape index (κ3) is 3.08. The average molecular weight is 281 g/mol. The molecule has 0 spiro atoms. The molecule has 2 heterocycles. The van der Waals surface area contributed by atoms with Gasteiger partial charge in [0.05, 0.1) is 6.42 Å². The molecule has 0 atom stereocenters. The Balaban J connectivity index is 1.59. The molecule has 0 saturated carbocycles. The van der Waals surface area contributed by atoms with Gasteiger partial charge in [0, 0.05) is 36.1 Å². The molecule has 0 aliphatic carbocycles. The molecular weight excluding hydrogens is 266 g/mol. The lowest BCUT2D eigenvalue weighted by molar-refractivity contribution is -0.115. The lowest BCUT2D eigenvalue weighted by Gasteiger charge is -2.06. The number of benzene rings is 1. The van der Waals surface area contributed by atoms with E-state index in [9.17, 15) is 9.59 Å².